The molecular formula is C17H24ClN5O3. The van der Waals surface area contributed by atoms with Crippen molar-refractivity contribution in [3.63, 3.8) is 0 Å². The van der Waals surface area contributed by atoms with Gasteiger partial charge in [-0.1, -0.05) is 25.7 Å². The van der Waals surface area contributed by atoms with Gasteiger partial charge < -0.3 is 20.3 Å². The Bertz CT molecular complexity index is 762. The van der Waals surface area contributed by atoms with Crippen LogP contribution in [0.25, 0.3) is 11.2 Å². The van der Waals surface area contributed by atoms with Crippen molar-refractivity contribution in [1.82, 2.24) is 19.5 Å². The number of hydrogen-bond acceptors (Lipinski definition) is 7. The zero-order chi connectivity index (χ0) is 18.1. The maximum absolute atomic E-state index is 9.99. The highest BCUT2D eigenvalue weighted by Gasteiger charge is 2.35. The van der Waals surface area contributed by atoms with Gasteiger partial charge in [0.25, 0.3) is 0 Å². The second-order valence-electron chi connectivity index (χ2n) is 7.11. The second kappa shape index (κ2) is 7.64. The molecule has 8 nitrogen and oxygen atoms in total. The maximum atomic E-state index is 9.99. The molecule has 3 atom stereocenters. The molecule has 1 saturated carbocycles. The maximum Gasteiger partial charge on any atom is 0.226 e. The highest BCUT2D eigenvalue weighted by molar-refractivity contribution is 6.28. The number of ether oxygens (including phenoxy) is 1. The van der Waals surface area contributed by atoms with Crippen LogP contribution in [-0.2, 0) is 4.74 Å². The van der Waals surface area contributed by atoms with Crippen LogP contribution in [0.15, 0.2) is 6.33 Å². The van der Waals surface area contributed by atoms with E-state index in [0.29, 0.717) is 29.4 Å². The van der Waals surface area contributed by atoms with Crippen molar-refractivity contribution in [3.8, 4) is 0 Å². The predicted octanol–water partition coefficient (Wildman–Crippen LogP) is 2.26. The fraction of sp³-hybridized carbons (Fsp3) is 0.706. The standard InChI is InChI=1S/C17H24ClN5O3/c18-17-21-15(20-10-5-3-1-2-4-6-10)14-16(22-17)23(9-19-14)13-7-11(25)12(8-24)26-13/h9-13,24-25H,1-8H2,(H,20,21,22). The van der Waals surface area contributed by atoms with Crippen molar-refractivity contribution >= 4 is 28.6 Å². The third-order valence-electron chi connectivity index (χ3n) is 5.28. The largest absolute Gasteiger partial charge is 0.394 e. The Morgan fingerprint density at radius 3 is 2.69 bits per heavy atom. The molecular weight excluding hydrogens is 358 g/mol. The molecule has 3 N–H and O–H groups in total. The van der Waals surface area contributed by atoms with Crippen molar-refractivity contribution < 1.29 is 14.9 Å². The molecule has 0 spiro atoms. The molecule has 0 radical (unpaired) electrons. The summed E-state index contributed by atoms with van der Waals surface area (Å²) in [5, 5.41) is 22.9. The molecule has 26 heavy (non-hydrogen) atoms. The number of nitrogens with one attached hydrogen (secondary N) is 1. The highest BCUT2D eigenvalue weighted by atomic mass is 35.5. The fourth-order valence-corrected chi connectivity index (χ4v) is 4.03. The third-order valence-corrected chi connectivity index (χ3v) is 5.45. The van der Waals surface area contributed by atoms with E-state index in [9.17, 15) is 10.2 Å². The average Bonchev–Trinajstić information content (AvgIpc) is 3.10. The molecule has 9 heteroatoms. The molecule has 1 aliphatic carbocycles. The lowest BCUT2D eigenvalue weighted by Crippen LogP contribution is -2.24. The van der Waals surface area contributed by atoms with Crippen molar-refractivity contribution in [2.75, 3.05) is 11.9 Å². The van der Waals surface area contributed by atoms with Crippen molar-refractivity contribution in [2.24, 2.45) is 0 Å². The predicted molar refractivity (Wildman–Crippen MR) is 97.1 cm³/mol. The van der Waals surface area contributed by atoms with Crippen LogP contribution < -0.4 is 5.32 Å². The highest BCUT2D eigenvalue weighted by Crippen LogP contribution is 2.32. The van der Waals surface area contributed by atoms with Gasteiger partial charge in [0.15, 0.2) is 17.0 Å². The molecule has 4 rings (SSSR count). The van der Waals surface area contributed by atoms with Gasteiger partial charge in [-0.25, -0.2) is 4.98 Å². The Morgan fingerprint density at radius 1 is 1.23 bits per heavy atom. The number of aliphatic hydroxyl groups excluding tert-OH is 2. The van der Waals surface area contributed by atoms with Gasteiger partial charge in [-0.15, -0.1) is 0 Å². The lowest BCUT2D eigenvalue weighted by atomic mass is 10.1. The number of halogens is 1. The average molecular weight is 382 g/mol. The first-order chi connectivity index (χ1) is 12.7. The van der Waals surface area contributed by atoms with E-state index in [4.69, 9.17) is 16.3 Å². The van der Waals surface area contributed by atoms with E-state index < -0.39 is 18.4 Å². The summed E-state index contributed by atoms with van der Waals surface area (Å²) in [5.74, 6) is 0.642. The van der Waals surface area contributed by atoms with Crippen LogP contribution in [0.4, 0.5) is 5.82 Å². The normalized spacial score (nSPS) is 27.7. The SMILES string of the molecule is OCC1OC(n2cnc3c(NC4CCCCCC4)nc(Cl)nc32)CC1O. The molecule has 3 unspecified atom stereocenters. The van der Waals surface area contributed by atoms with Crippen LogP contribution in [0.1, 0.15) is 51.2 Å². The van der Waals surface area contributed by atoms with Crippen molar-refractivity contribution in [1.29, 1.82) is 0 Å². The quantitative estimate of drug-likeness (QED) is 0.551. The molecule has 2 aromatic rings. The zero-order valence-electron chi connectivity index (χ0n) is 14.5. The van der Waals surface area contributed by atoms with Crippen LogP contribution in [0.5, 0.6) is 0 Å². The third kappa shape index (κ3) is 3.51. The Kier molecular flexibility index (Phi) is 5.26. The summed E-state index contributed by atoms with van der Waals surface area (Å²) in [6.07, 6.45) is 7.44. The topological polar surface area (TPSA) is 105 Å². The fourth-order valence-electron chi connectivity index (χ4n) is 3.87. The first-order valence-corrected chi connectivity index (χ1v) is 9.64. The number of nitrogens with zero attached hydrogens (tertiary/aromatic N) is 4. The molecule has 142 valence electrons. The van der Waals surface area contributed by atoms with Crippen LogP contribution >= 0.6 is 11.6 Å². The van der Waals surface area contributed by atoms with Crippen LogP contribution in [-0.4, -0.2) is 54.6 Å². The van der Waals surface area contributed by atoms with Gasteiger partial charge in [-0.2, -0.15) is 9.97 Å². The van der Waals surface area contributed by atoms with Gasteiger partial charge in [0.05, 0.1) is 19.0 Å². The van der Waals surface area contributed by atoms with Gasteiger partial charge in [0.1, 0.15) is 12.3 Å². The molecule has 0 bridgehead atoms. The van der Waals surface area contributed by atoms with E-state index in [1.807, 2.05) is 0 Å². The molecule has 2 aromatic heterocycles. The van der Waals surface area contributed by atoms with E-state index >= 15 is 0 Å². The number of imidazole rings is 1. The summed E-state index contributed by atoms with van der Waals surface area (Å²) in [5.41, 5.74) is 1.21. The van der Waals surface area contributed by atoms with E-state index in [2.05, 4.69) is 20.3 Å². The molecule has 2 aliphatic rings. The number of anilines is 1. The Balaban J connectivity index is 1.63. The molecule has 1 aliphatic heterocycles. The molecule has 1 saturated heterocycles. The van der Waals surface area contributed by atoms with E-state index in [-0.39, 0.29) is 11.9 Å². The lowest BCUT2D eigenvalue weighted by Gasteiger charge is -2.17. The smallest absolute Gasteiger partial charge is 0.226 e. The minimum atomic E-state index is -0.719. The van der Waals surface area contributed by atoms with Crippen LogP contribution in [0.2, 0.25) is 5.28 Å². The van der Waals surface area contributed by atoms with Gasteiger partial charge >= 0.3 is 0 Å². The summed E-state index contributed by atoms with van der Waals surface area (Å²) in [4.78, 5) is 13.1. The first-order valence-electron chi connectivity index (χ1n) is 9.26. The Morgan fingerprint density at radius 2 is 2.00 bits per heavy atom. The van der Waals surface area contributed by atoms with Crippen LogP contribution in [0.3, 0.4) is 0 Å². The number of rotatable bonds is 4. The number of hydrogen-bond donors (Lipinski definition) is 3. The van der Waals surface area contributed by atoms with Crippen molar-refractivity contribution in [3.05, 3.63) is 11.6 Å². The van der Waals surface area contributed by atoms with E-state index in [1.165, 1.54) is 25.7 Å². The summed E-state index contributed by atoms with van der Waals surface area (Å²) >= 11 is 6.16. The lowest BCUT2D eigenvalue weighted by molar-refractivity contribution is -0.0432. The van der Waals surface area contributed by atoms with Gasteiger partial charge in [-0.05, 0) is 24.4 Å². The van der Waals surface area contributed by atoms with Crippen LogP contribution in [0, 0.1) is 0 Å². The first kappa shape index (κ1) is 17.9. The minimum Gasteiger partial charge on any atom is -0.394 e. The summed E-state index contributed by atoms with van der Waals surface area (Å²) in [6.45, 7) is -0.228. The Labute approximate surface area is 156 Å². The van der Waals surface area contributed by atoms with Gasteiger partial charge in [0, 0.05) is 12.5 Å². The summed E-state index contributed by atoms with van der Waals surface area (Å²) in [6, 6.07) is 0.361. The summed E-state index contributed by atoms with van der Waals surface area (Å²) in [7, 11) is 0. The number of aliphatic hydroxyl groups is 2. The summed E-state index contributed by atoms with van der Waals surface area (Å²) < 4.78 is 7.47. The molecule has 0 amide bonds. The number of fused-ring (bicyclic) bond motifs is 1. The second-order valence-corrected chi connectivity index (χ2v) is 7.45. The molecule has 0 aromatic carbocycles. The van der Waals surface area contributed by atoms with E-state index in [0.717, 1.165) is 12.8 Å². The monoisotopic (exact) mass is 381 g/mol. The Hall–Kier alpha value is -1.48. The zero-order valence-corrected chi connectivity index (χ0v) is 15.3. The van der Waals surface area contributed by atoms with Gasteiger partial charge in [0.2, 0.25) is 5.28 Å². The minimum absolute atomic E-state index is 0.146. The molecule has 3 heterocycles. The number of aromatic nitrogens is 4. The molecule has 2 fully saturated rings. The van der Waals surface area contributed by atoms with E-state index in [1.54, 1.807) is 10.9 Å². The van der Waals surface area contributed by atoms with Crippen molar-refractivity contribution in [2.45, 2.75) is 69.4 Å². The van der Waals surface area contributed by atoms with Gasteiger partial charge in [-0.3, -0.25) is 4.57 Å².